The number of rotatable bonds is 5. The Kier molecular flexibility index (Phi) is 5.21. The summed E-state index contributed by atoms with van der Waals surface area (Å²) in [5.41, 5.74) is -0.759. The molecule has 0 bridgehead atoms. The molecule has 0 aromatic heterocycles. The summed E-state index contributed by atoms with van der Waals surface area (Å²) in [5, 5.41) is 12.1. The number of ether oxygens (including phenoxy) is 1. The molecule has 0 heterocycles. The fraction of sp³-hybridized carbons (Fsp3) is 0.867. The van der Waals surface area contributed by atoms with Crippen molar-refractivity contribution in [3.8, 4) is 6.07 Å². The second-order valence-electron chi connectivity index (χ2n) is 5.79. The first-order chi connectivity index (χ1) is 9.27. The van der Waals surface area contributed by atoms with E-state index in [1.54, 1.807) is 0 Å². The average Bonchev–Trinajstić information content (AvgIpc) is 2.94. The lowest BCUT2D eigenvalue weighted by Gasteiger charge is -2.23. The first-order valence-corrected chi connectivity index (χ1v) is 7.58. The van der Waals surface area contributed by atoms with Crippen LogP contribution >= 0.6 is 0 Å². The van der Waals surface area contributed by atoms with Crippen molar-refractivity contribution >= 4 is 5.91 Å². The number of carbonyl (C=O) groups excluding carboxylic acids is 1. The lowest BCUT2D eigenvalue weighted by molar-refractivity contribution is -0.128. The van der Waals surface area contributed by atoms with E-state index in [2.05, 4.69) is 11.4 Å². The summed E-state index contributed by atoms with van der Waals surface area (Å²) in [4.78, 5) is 12.1. The van der Waals surface area contributed by atoms with Crippen LogP contribution < -0.4 is 5.32 Å². The van der Waals surface area contributed by atoms with Crippen molar-refractivity contribution in [2.24, 2.45) is 5.41 Å². The van der Waals surface area contributed by atoms with E-state index in [4.69, 9.17) is 4.74 Å². The van der Waals surface area contributed by atoms with Crippen LogP contribution in [0, 0.1) is 16.7 Å². The third-order valence-electron chi connectivity index (χ3n) is 4.40. The van der Waals surface area contributed by atoms with E-state index < -0.39 is 5.41 Å². The summed E-state index contributed by atoms with van der Waals surface area (Å²) in [5.74, 6) is -0.0975. The molecule has 2 aliphatic rings. The number of nitrogens with zero attached hydrogens (tertiary/aromatic N) is 1. The SMILES string of the molecule is N#CC1(C(=O)NCCOC2CCCCC2)CCCC1. The van der Waals surface area contributed by atoms with E-state index in [0.717, 1.165) is 25.7 Å². The maximum Gasteiger partial charge on any atom is 0.240 e. The molecular weight excluding hydrogens is 240 g/mol. The highest BCUT2D eigenvalue weighted by atomic mass is 16.5. The number of carbonyl (C=O) groups is 1. The molecule has 0 unspecified atom stereocenters. The molecule has 0 aromatic carbocycles. The van der Waals surface area contributed by atoms with Crippen LogP contribution in [0.4, 0.5) is 0 Å². The molecule has 0 spiro atoms. The van der Waals surface area contributed by atoms with Gasteiger partial charge in [0.1, 0.15) is 5.41 Å². The molecule has 19 heavy (non-hydrogen) atoms. The molecular formula is C15H24N2O2. The van der Waals surface area contributed by atoms with Crippen LogP contribution in [0.25, 0.3) is 0 Å². The summed E-state index contributed by atoms with van der Waals surface area (Å²) < 4.78 is 5.76. The van der Waals surface area contributed by atoms with Gasteiger partial charge in [-0.3, -0.25) is 4.79 Å². The lowest BCUT2D eigenvalue weighted by Crippen LogP contribution is -2.40. The standard InChI is InChI=1S/C15H24N2O2/c16-12-15(8-4-5-9-15)14(18)17-10-11-19-13-6-2-1-3-7-13/h13H,1-11H2,(H,17,18). The molecule has 0 aliphatic heterocycles. The van der Waals surface area contributed by atoms with Gasteiger partial charge in [0.2, 0.25) is 5.91 Å². The average molecular weight is 264 g/mol. The van der Waals surface area contributed by atoms with Crippen molar-refractivity contribution in [3.63, 3.8) is 0 Å². The van der Waals surface area contributed by atoms with E-state index in [1.165, 1.54) is 19.3 Å². The zero-order valence-electron chi connectivity index (χ0n) is 11.6. The van der Waals surface area contributed by atoms with Crippen molar-refractivity contribution in [2.75, 3.05) is 13.2 Å². The van der Waals surface area contributed by atoms with Crippen LogP contribution in [0.3, 0.4) is 0 Å². The highest BCUT2D eigenvalue weighted by molar-refractivity contribution is 5.85. The third kappa shape index (κ3) is 3.70. The molecule has 0 saturated heterocycles. The molecule has 1 N–H and O–H groups in total. The predicted molar refractivity (Wildman–Crippen MR) is 72.3 cm³/mol. The summed E-state index contributed by atoms with van der Waals surface area (Å²) >= 11 is 0. The molecule has 4 nitrogen and oxygen atoms in total. The molecule has 0 aromatic rings. The monoisotopic (exact) mass is 264 g/mol. The molecule has 2 rings (SSSR count). The van der Waals surface area contributed by atoms with Gasteiger partial charge in [0.25, 0.3) is 0 Å². The largest absolute Gasteiger partial charge is 0.376 e. The number of hydrogen-bond acceptors (Lipinski definition) is 3. The Bertz CT molecular complexity index is 337. The van der Waals surface area contributed by atoms with Crippen LogP contribution in [-0.2, 0) is 9.53 Å². The summed E-state index contributed by atoms with van der Waals surface area (Å²) in [6.07, 6.45) is 9.90. The number of hydrogen-bond donors (Lipinski definition) is 1. The van der Waals surface area contributed by atoms with Gasteiger partial charge < -0.3 is 10.1 Å². The van der Waals surface area contributed by atoms with E-state index in [-0.39, 0.29) is 5.91 Å². The minimum atomic E-state index is -0.759. The first kappa shape index (κ1) is 14.3. The lowest BCUT2D eigenvalue weighted by atomic mass is 9.87. The van der Waals surface area contributed by atoms with Gasteiger partial charge in [-0.05, 0) is 25.7 Å². The van der Waals surface area contributed by atoms with Gasteiger partial charge in [0.15, 0.2) is 0 Å². The quantitative estimate of drug-likeness (QED) is 0.776. The fourth-order valence-electron chi connectivity index (χ4n) is 3.16. The summed E-state index contributed by atoms with van der Waals surface area (Å²) in [6, 6.07) is 2.21. The molecule has 4 heteroatoms. The van der Waals surface area contributed by atoms with Crippen molar-refractivity contribution in [1.82, 2.24) is 5.32 Å². The van der Waals surface area contributed by atoms with Gasteiger partial charge in [-0.1, -0.05) is 32.1 Å². The van der Waals surface area contributed by atoms with Crippen LogP contribution in [0.1, 0.15) is 57.8 Å². The minimum Gasteiger partial charge on any atom is -0.376 e. The maximum absolute atomic E-state index is 12.1. The summed E-state index contributed by atoms with van der Waals surface area (Å²) in [7, 11) is 0. The molecule has 2 fully saturated rings. The van der Waals surface area contributed by atoms with Gasteiger partial charge >= 0.3 is 0 Å². The van der Waals surface area contributed by atoms with Gasteiger partial charge in [0, 0.05) is 6.54 Å². The number of nitrogens with one attached hydrogen (secondary N) is 1. The Hall–Kier alpha value is -1.08. The Balaban J connectivity index is 1.65. The molecule has 1 amide bonds. The highest BCUT2D eigenvalue weighted by Gasteiger charge is 2.41. The van der Waals surface area contributed by atoms with Gasteiger partial charge in [0.05, 0.1) is 18.8 Å². The number of nitriles is 1. The molecule has 106 valence electrons. The van der Waals surface area contributed by atoms with Gasteiger partial charge in [-0.25, -0.2) is 0 Å². The van der Waals surface area contributed by atoms with Crippen LogP contribution in [-0.4, -0.2) is 25.2 Å². The van der Waals surface area contributed by atoms with E-state index >= 15 is 0 Å². The second-order valence-corrected chi connectivity index (χ2v) is 5.79. The zero-order chi connectivity index (χ0) is 13.6. The van der Waals surface area contributed by atoms with Crippen LogP contribution in [0.5, 0.6) is 0 Å². The highest BCUT2D eigenvalue weighted by Crippen LogP contribution is 2.37. The second kappa shape index (κ2) is 6.91. The maximum atomic E-state index is 12.1. The van der Waals surface area contributed by atoms with E-state index in [0.29, 0.717) is 32.1 Å². The predicted octanol–water partition coefficient (Wildman–Crippen LogP) is 2.54. The smallest absolute Gasteiger partial charge is 0.240 e. The van der Waals surface area contributed by atoms with E-state index in [1.807, 2.05) is 0 Å². The van der Waals surface area contributed by atoms with Crippen LogP contribution in [0.2, 0.25) is 0 Å². The zero-order valence-corrected chi connectivity index (χ0v) is 11.6. The van der Waals surface area contributed by atoms with Crippen molar-refractivity contribution < 1.29 is 9.53 Å². The topological polar surface area (TPSA) is 62.1 Å². The summed E-state index contributed by atoms with van der Waals surface area (Å²) in [6.45, 7) is 1.09. The molecule has 0 radical (unpaired) electrons. The van der Waals surface area contributed by atoms with Crippen molar-refractivity contribution in [2.45, 2.75) is 63.9 Å². The minimum absolute atomic E-state index is 0.0975. The van der Waals surface area contributed by atoms with E-state index in [9.17, 15) is 10.1 Å². The van der Waals surface area contributed by atoms with Crippen molar-refractivity contribution in [3.05, 3.63) is 0 Å². The first-order valence-electron chi connectivity index (χ1n) is 7.58. The molecule has 2 saturated carbocycles. The Morgan fingerprint density at radius 1 is 1.21 bits per heavy atom. The fourth-order valence-corrected chi connectivity index (χ4v) is 3.16. The molecule has 0 atom stereocenters. The Morgan fingerprint density at radius 2 is 1.89 bits per heavy atom. The van der Waals surface area contributed by atoms with Gasteiger partial charge in [-0.2, -0.15) is 5.26 Å². The van der Waals surface area contributed by atoms with Crippen LogP contribution in [0.15, 0.2) is 0 Å². The Morgan fingerprint density at radius 3 is 2.53 bits per heavy atom. The number of amides is 1. The van der Waals surface area contributed by atoms with Gasteiger partial charge in [-0.15, -0.1) is 0 Å². The normalized spacial score (nSPS) is 22.9. The van der Waals surface area contributed by atoms with Crippen molar-refractivity contribution in [1.29, 1.82) is 5.26 Å². The third-order valence-corrected chi connectivity index (χ3v) is 4.40. The Labute approximate surface area is 115 Å². The molecule has 2 aliphatic carbocycles.